The number of carbonyl (C=O) groups excluding carboxylic acids is 3. The van der Waals surface area contributed by atoms with Crippen LogP contribution in [0.15, 0.2) is 36.7 Å². The molecule has 160 valence electrons. The van der Waals surface area contributed by atoms with Crippen molar-refractivity contribution in [1.82, 2.24) is 14.8 Å². The van der Waals surface area contributed by atoms with Gasteiger partial charge in [-0.15, -0.1) is 0 Å². The van der Waals surface area contributed by atoms with Gasteiger partial charge in [-0.1, -0.05) is 26.0 Å². The molecule has 0 atom stereocenters. The van der Waals surface area contributed by atoms with Gasteiger partial charge in [-0.3, -0.25) is 19.5 Å². The lowest BCUT2D eigenvalue weighted by Gasteiger charge is -2.34. The van der Waals surface area contributed by atoms with Crippen molar-refractivity contribution < 1.29 is 19.1 Å². The first-order valence-corrected chi connectivity index (χ1v) is 9.95. The highest BCUT2D eigenvalue weighted by Gasteiger charge is 2.23. The van der Waals surface area contributed by atoms with Crippen molar-refractivity contribution in [3.8, 4) is 5.75 Å². The summed E-state index contributed by atoms with van der Waals surface area (Å²) in [5, 5.41) is 0. The predicted octanol–water partition coefficient (Wildman–Crippen LogP) is 2.64. The second-order valence-electron chi connectivity index (χ2n) is 6.71. The van der Waals surface area contributed by atoms with Crippen LogP contribution in [-0.4, -0.2) is 59.2 Å². The number of primary amides is 1. The maximum absolute atomic E-state index is 12.3. The third kappa shape index (κ3) is 6.12. The Balaban J connectivity index is 0.00000155. The van der Waals surface area contributed by atoms with Crippen molar-refractivity contribution in [2.24, 2.45) is 5.73 Å². The maximum Gasteiger partial charge on any atom is 0.415 e. The molecule has 1 aliphatic heterocycles. The molecule has 0 aliphatic carbocycles. The molecule has 8 nitrogen and oxygen atoms in total. The molecule has 2 amide bonds. The summed E-state index contributed by atoms with van der Waals surface area (Å²) >= 11 is 0. The van der Waals surface area contributed by atoms with E-state index < -0.39 is 12.0 Å². The Labute approximate surface area is 176 Å². The molecule has 2 aromatic rings. The zero-order valence-corrected chi connectivity index (χ0v) is 17.6. The maximum atomic E-state index is 12.3. The van der Waals surface area contributed by atoms with E-state index >= 15 is 0 Å². The van der Waals surface area contributed by atoms with Gasteiger partial charge >= 0.3 is 6.09 Å². The number of hydrogen-bond donors (Lipinski definition) is 1. The SMILES string of the molecule is CC.Cc1ccc(CN2CCN(C(=O)Oc3cncc(C(N)=O)c3)CC2)cc1C=O. The first-order chi connectivity index (χ1) is 14.5. The molecular weight excluding hydrogens is 384 g/mol. The van der Waals surface area contributed by atoms with Gasteiger partial charge in [-0.05, 0) is 30.2 Å². The molecule has 30 heavy (non-hydrogen) atoms. The number of ether oxygens (including phenoxy) is 1. The van der Waals surface area contributed by atoms with Crippen LogP contribution in [0, 0.1) is 6.92 Å². The number of rotatable bonds is 5. The van der Waals surface area contributed by atoms with E-state index in [1.54, 1.807) is 4.90 Å². The summed E-state index contributed by atoms with van der Waals surface area (Å²) in [7, 11) is 0. The van der Waals surface area contributed by atoms with E-state index in [0.29, 0.717) is 38.3 Å². The number of amides is 2. The minimum Gasteiger partial charge on any atom is -0.409 e. The Kier molecular flexibility index (Phi) is 8.49. The van der Waals surface area contributed by atoms with Crippen molar-refractivity contribution in [3.05, 3.63) is 58.9 Å². The molecule has 1 aromatic carbocycles. The van der Waals surface area contributed by atoms with Gasteiger partial charge < -0.3 is 15.4 Å². The summed E-state index contributed by atoms with van der Waals surface area (Å²) in [5.41, 5.74) is 8.12. The first-order valence-electron chi connectivity index (χ1n) is 9.95. The first kappa shape index (κ1) is 23.0. The number of nitrogens with zero attached hydrogens (tertiary/aromatic N) is 3. The van der Waals surface area contributed by atoms with Gasteiger partial charge in [0.15, 0.2) is 5.75 Å². The van der Waals surface area contributed by atoms with E-state index in [2.05, 4.69) is 9.88 Å². The van der Waals surface area contributed by atoms with Crippen molar-refractivity contribution >= 4 is 18.3 Å². The summed E-state index contributed by atoms with van der Waals surface area (Å²) in [6.45, 7) is 9.06. The molecule has 1 aromatic heterocycles. The largest absolute Gasteiger partial charge is 0.415 e. The Morgan fingerprint density at radius 3 is 2.47 bits per heavy atom. The van der Waals surface area contributed by atoms with E-state index in [0.717, 1.165) is 17.4 Å². The molecule has 0 radical (unpaired) electrons. The highest BCUT2D eigenvalue weighted by molar-refractivity contribution is 5.92. The summed E-state index contributed by atoms with van der Waals surface area (Å²) in [6, 6.07) is 7.26. The minimum absolute atomic E-state index is 0.183. The van der Waals surface area contributed by atoms with Crippen LogP contribution in [0.2, 0.25) is 0 Å². The zero-order chi connectivity index (χ0) is 22.1. The molecule has 1 fully saturated rings. The second kappa shape index (κ2) is 11.1. The van der Waals surface area contributed by atoms with Crippen molar-refractivity contribution in [1.29, 1.82) is 0 Å². The van der Waals surface area contributed by atoms with Crippen LogP contribution in [0.4, 0.5) is 4.79 Å². The fourth-order valence-electron chi connectivity index (χ4n) is 3.04. The zero-order valence-electron chi connectivity index (χ0n) is 17.6. The number of aldehydes is 1. The lowest BCUT2D eigenvalue weighted by atomic mass is 10.1. The van der Waals surface area contributed by atoms with Crippen molar-refractivity contribution in [2.75, 3.05) is 26.2 Å². The Hall–Kier alpha value is -3.26. The van der Waals surface area contributed by atoms with Gasteiger partial charge in [-0.25, -0.2) is 4.79 Å². The third-order valence-electron chi connectivity index (χ3n) is 4.71. The number of piperazine rings is 1. The lowest BCUT2D eigenvalue weighted by Crippen LogP contribution is -2.49. The number of aryl methyl sites for hydroxylation is 1. The number of pyridine rings is 1. The number of carbonyl (C=O) groups is 3. The predicted molar refractivity (Wildman–Crippen MR) is 114 cm³/mol. The van der Waals surface area contributed by atoms with Crippen LogP contribution in [0.5, 0.6) is 5.75 Å². The highest BCUT2D eigenvalue weighted by atomic mass is 16.6. The molecule has 0 bridgehead atoms. The number of nitrogens with two attached hydrogens (primary N) is 1. The Morgan fingerprint density at radius 2 is 1.83 bits per heavy atom. The molecule has 0 spiro atoms. The summed E-state index contributed by atoms with van der Waals surface area (Å²) < 4.78 is 5.30. The van der Waals surface area contributed by atoms with E-state index in [4.69, 9.17) is 10.5 Å². The topological polar surface area (TPSA) is 106 Å². The molecule has 2 N–H and O–H groups in total. The highest BCUT2D eigenvalue weighted by Crippen LogP contribution is 2.15. The summed E-state index contributed by atoms with van der Waals surface area (Å²) in [5.74, 6) is -0.447. The van der Waals surface area contributed by atoms with Gasteiger partial charge in [0.1, 0.15) is 6.29 Å². The van der Waals surface area contributed by atoms with E-state index in [1.165, 1.54) is 18.5 Å². The Bertz CT molecular complexity index is 892. The van der Waals surface area contributed by atoms with Gasteiger partial charge in [0.05, 0.1) is 11.8 Å². The summed E-state index contributed by atoms with van der Waals surface area (Å²) in [4.78, 5) is 42.3. The lowest BCUT2D eigenvalue weighted by molar-refractivity contribution is 0.0995. The fraction of sp³-hybridized carbons (Fsp3) is 0.364. The second-order valence-corrected chi connectivity index (χ2v) is 6.71. The molecule has 8 heteroatoms. The van der Waals surface area contributed by atoms with E-state index in [1.807, 2.05) is 39.0 Å². The van der Waals surface area contributed by atoms with Crippen LogP contribution in [-0.2, 0) is 6.54 Å². The van der Waals surface area contributed by atoms with E-state index in [9.17, 15) is 14.4 Å². The van der Waals surface area contributed by atoms with Gasteiger partial charge in [-0.2, -0.15) is 0 Å². The average Bonchev–Trinajstić information content (AvgIpc) is 2.77. The average molecular weight is 412 g/mol. The summed E-state index contributed by atoms with van der Waals surface area (Å²) in [6.07, 6.45) is 3.07. The van der Waals surface area contributed by atoms with E-state index in [-0.39, 0.29) is 11.3 Å². The van der Waals surface area contributed by atoms with Crippen molar-refractivity contribution in [3.63, 3.8) is 0 Å². The smallest absolute Gasteiger partial charge is 0.409 e. The standard InChI is InChI=1S/C20H22N4O4.C2H6/c1-14-2-3-15(8-17(14)13-25)12-23-4-6-24(7-5-23)20(27)28-18-9-16(19(21)26)10-22-11-18;1-2/h2-3,8-11,13H,4-7,12H2,1H3,(H2,21,26);1-2H3. The number of benzene rings is 1. The quantitative estimate of drug-likeness (QED) is 0.757. The van der Waals surface area contributed by atoms with Gasteiger partial charge in [0, 0.05) is 44.5 Å². The molecule has 0 unspecified atom stereocenters. The normalized spacial score (nSPS) is 13.8. The van der Waals surface area contributed by atoms with Crippen LogP contribution >= 0.6 is 0 Å². The minimum atomic E-state index is -0.632. The van der Waals surface area contributed by atoms with Crippen LogP contribution < -0.4 is 10.5 Å². The fourth-order valence-corrected chi connectivity index (χ4v) is 3.04. The van der Waals surface area contributed by atoms with Crippen LogP contribution in [0.25, 0.3) is 0 Å². The monoisotopic (exact) mass is 412 g/mol. The molecule has 1 aliphatic rings. The molecule has 2 heterocycles. The molecule has 3 rings (SSSR count). The van der Waals surface area contributed by atoms with Gasteiger partial charge in [0.25, 0.3) is 0 Å². The van der Waals surface area contributed by atoms with Crippen LogP contribution in [0.1, 0.15) is 45.7 Å². The van der Waals surface area contributed by atoms with Crippen LogP contribution in [0.3, 0.4) is 0 Å². The number of aromatic nitrogens is 1. The molecular formula is C22H28N4O4. The van der Waals surface area contributed by atoms with Gasteiger partial charge in [0.2, 0.25) is 5.91 Å². The molecule has 1 saturated heterocycles. The molecule has 0 saturated carbocycles. The van der Waals surface area contributed by atoms with Crippen molar-refractivity contribution in [2.45, 2.75) is 27.3 Å². The third-order valence-corrected chi connectivity index (χ3v) is 4.71. The Morgan fingerprint density at radius 1 is 1.13 bits per heavy atom. The number of hydrogen-bond acceptors (Lipinski definition) is 6.